The van der Waals surface area contributed by atoms with Crippen molar-refractivity contribution in [2.75, 3.05) is 0 Å². The van der Waals surface area contributed by atoms with E-state index in [0.717, 1.165) is 4.90 Å². The van der Waals surface area contributed by atoms with Gasteiger partial charge in [-0.3, -0.25) is 14.5 Å². The van der Waals surface area contributed by atoms with E-state index in [4.69, 9.17) is 0 Å². The second-order valence-electron chi connectivity index (χ2n) is 4.88. The van der Waals surface area contributed by atoms with Crippen molar-refractivity contribution in [2.24, 2.45) is 0 Å². The minimum atomic E-state index is -1.34. The van der Waals surface area contributed by atoms with E-state index in [1.165, 1.54) is 0 Å². The highest BCUT2D eigenvalue weighted by atomic mass is 16.4. The fourth-order valence-corrected chi connectivity index (χ4v) is 2.75. The standard InChI is InChI=1S/C13H13NO5/c15-9-5-8(10(16)11(9)17)14-12(18)6-3-1-2-4-7(6)13(14)19/h1-4,8-11,15-17H,5H2/t8-,9+,10+,11-/m1/s1. The van der Waals surface area contributed by atoms with Crippen LogP contribution in [0.3, 0.4) is 0 Å². The first-order valence-electron chi connectivity index (χ1n) is 6.03. The van der Waals surface area contributed by atoms with E-state index in [2.05, 4.69) is 0 Å². The zero-order valence-corrected chi connectivity index (χ0v) is 9.93. The average molecular weight is 263 g/mol. The third-order valence-electron chi connectivity index (χ3n) is 3.78. The maximum absolute atomic E-state index is 12.2. The molecule has 1 fully saturated rings. The lowest BCUT2D eigenvalue weighted by molar-refractivity contribution is -0.0287. The highest BCUT2D eigenvalue weighted by Gasteiger charge is 2.50. The van der Waals surface area contributed by atoms with Gasteiger partial charge in [-0.25, -0.2) is 0 Å². The van der Waals surface area contributed by atoms with Gasteiger partial charge in [0.2, 0.25) is 0 Å². The average Bonchev–Trinajstić information content (AvgIpc) is 2.80. The molecule has 1 aromatic carbocycles. The summed E-state index contributed by atoms with van der Waals surface area (Å²) in [5.41, 5.74) is 0.575. The molecule has 1 aliphatic heterocycles. The summed E-state index contributed by atoms with van der Waals surface area (Å²) in [4.78, 5) is 25.3. The first-order chi connectivity index (χ1) is 9.02. The van der Waals surface area contributed by atoms with Gasteiger partial charge < -0.3 is 15.3 Å². The molecule has 1 heterocycles. The van der Waals surface area contributed by atoms with E-state index in [1.807, 2.05) is 0 Å². The number of carbonyl (C=O) groups excluding carboxylic acids is 2. The van der Waals surface area contributed by atoms with Crippen LogP contribution >= 0.6 is 0 Å². The van der Waals surface area contributed by atoms with Crippen LogP contribution < -0.4 is 0 Å². The molecule has 1 aromatic rings. The van der Waals surface area contributed by atoms with Crippen LogP contribution in [0.1, 0.15) is 27.1 Å². The summed E-state index contributed by atoms with van der Waals surface area (Å²) in [5, 5.41) is 28.9. The summed E-state index contributed by atoms with van der Waals surface area (Å²) < 4.78 is 0. The number of imide groups is 1. The van der Waals surface area contributed by atoms with E-state index < -0.39 is 36.2 Å². The molecule has 6 heteroatoms. The van der Waals surface area contributed by atoms with Gasteiger partial charge in [0, 0.05) is 0 Å². The van der Waals surface area contributed by atoms with E-state index in [-0.39, 0.29) is 17.5 Å². The smallest absolute Gasteiger partial charge is 0.261 e. The Morgan fingerprint density at radius 1 is 0.947 bits per heavy atom. The summed E-state index contributed by atoms with van der Waals surface area (Å²) in [6.07, 6.45) is -3.82. The number of aliphatic hydroxyl groups is 3. The summed E-state index contributed by atoms with van der Waals surface area (Å²) in [6.45, 7) is 0. The number of fused-ring (bicyclic) bond motifs is 1. The van der Waals surface area contributed by atoms with Crippen LogP contribution in [0.2, 0.25) is 0 Å². The Labute approximate surface area is 108 Å². The van der Waals surface area contributed by atoms with Crippen molar-refractivity contribution in [1.29, 1.82) is 0 Å². The van der Waals surface area contributed by atoms with Crippen molar-refractivity contribution in [3.05, 3.63) is 35.4 Å². The number of benzene rings is 1. The Balaban J connectivity index is 1.97. The Morgan fingerprint density at radius 2 is 1.47 bits per heavy atom. The van der Waals surface area contributed by atoms with Crippen LogP contribution in [0.4, 0.5) is 0 Å². The molecule has 0 radical (unpaired) electrons. The molecule has 2 amide bonds. The number of rotatable bonds is 1. The van der Waals surface area contributed by atoms with Crippen molar-refractivity contribution in [3.63, 3.8) is 0 Å². The summed E-state index contributed by atoms with van der Waals surface area (Å²) in [6, 6.07) is 5.51. The molecule has 1 saturated carbocycles. The van der Waals surface area contributed by atoms with Crippen LogP contribution in [-0.4, -0.2) is 56.4 Å². The van der Waals surface area contributed by atoms with Crippen LogP contribution in [0.25, 0.3) is 0 Å². The van der Waals surface area contributed by atoms with Gasteiger partial charge in [0.15, 0.2) is 0 Å². The van der Waals surface area contributed by atoms with E-state index in [0.29, 0.717) is 0 Å². The molecule has 6 nitrogen and oxygen atoms in total. The van der Waals surface area contributed by atoms with Crippen molar-refractivity contribution >= 4 is 11.8 Å². The monoisotopic (exact) mass is 263 g/mol. The van der Waals surface area contributed by atoms with Crippen molar-refractivity contribution in [2.45, 2.75) is 30.8 Å². The predicted octanol–water partition coefficient (Wildman–Crippen LogP) is -0.862. The maximum Gasteiger partial charge on any atom is 0.261 e. The number of hydrogen-bond donors (Lipinski definition) is 3. The third kappa shape index (κ3) is 1.61. The van der Waals surface area contributed by atoms with Gasteiger partial charge in [0.1, 0.15) is 12.2 Å². The van der Waals surface area contributed by atoms with Crippen LogP contribution in [0.15, 0.2) is 24.3 Å². The fraction of sp³-hybridized carbons (Fsp3) is 0.385. The molecule has 2 aliphatic rings. The lowest BCUT2D eigenvalue weighted by atomic mass is 10.1. The molecule has 0 spiro atoms. The number of amides is 2. The number of aliphatic hydroxyl groups excluding tert-OH is 3. The van der Waals surface area contributed by atoms with Gasteiger partial charge in [0.25, 0.3) is 11.8 Å². The second-order valence-corrected chi connectivity index (χ2v) is 4.88. The van der Waals surface area contributed by atoms with E-state index >= 15 is 0 Å². The van der Waals surface area contributed by atoms with Gasteiger partial charge in [-0.2, -0.15) is 0 Å². The van der Waals surface area contributed by atoms with Gasteiger partial charge in [-0.15, -0.1) is 0 Å². The zero-order chi connectivity index (χ0) is 13.7. The Hall–Kier alpha value is -1.76. The Morgan fingerprint density at radius 3 is 1.89 bits per heavy atom. The van der Waals surface area contributed by atoms with Crippen LogP contribution in [0.5, 0.6) is 0 Å². The van der Waals surface area contributed by atoms with Crippen molar-refractivity contribution in [1.82, 2.24) is 4.90 Å². The predicted molar refractivity (Wildman–Crippen MR) is 63.4 cm³/mol. The lowest BCUT2D eigenvalue weighted by Crippen LogP contribution is -2.46. The molecule has 3 rings (SSSR count). The van der Waals surface area contributed by atoms with Crippen LogP contribution in [0, 0.1) is 0 Å². The number of carbonyl (C=O) groups is 2. The summed E-state index contributed by atoms with van der Waals surface area (Å²) in [7, 11) is 0. The van der Waals surface area contributed by atoms with E-state index in [9.17, 15) is 24.9 Å². The molecule has 0 bridgehead atoms. The van der Waals surface area contributed by atoms with Gasteiger partial charge in [-0.1, -0.05) is 12.1 Å². The molecular weight excluding hydrogens is 250 g/mol. The Bertz CT molecular complexity index is 523. The number of nitrogens with zero attached hydrogens (tertiary/aromatic N) is 1. The normalized spacial score (nSPS) is 33.9. The Kier molecular flexibility index (Phi) is 2.67. The highest BCUT2D eigenvalue weighted by Crippen LogP contribution is 2.32. The first-order valence-corrected chi connectivity index (χ1v) is 6.03. The molecule has 4 atom stereocenters. The van der Waals surface area contributed by atoms with Crippen molar-refractivity contribution in [3.8, 4) is 0 Å². The molecule has 0 aromatic heterocycles. The molecular formula is C13H13NO5. The van der Waals surface area contributed by atoms with E-state index in [1.54, 1.807) is 24.3 Å². The third-order valence-corrected chi connectivity index (χ3v) is 3.78. The topological polar surface area (TPSA) is 98.1 Å². The quantitative estimate of drug-likeness (QED) is 0.573. The lowest BCUT2D eigenvalue weighted by Gasteiger charge is -2.25. The van der Waals surface area contributed by atoms with Crippen molar-refractivity contribution < 1.29 is 24.9 Å². The first kappa shape index (κ1) is 12.3. The highest BCUT2D eigenvalue weighted by molar-refractivity contribution is 6.21. The number of hydrogen-bond acceptors (Lipinski definition) is 5. The minimum absolute atomic E-state index is 0.0200. The summed E-state index contributed by atoms with van der Waals surface area (Å²) >= 11 is 0. The SMILES string of the molecule is O=C1c2ccccc2C(=O)N1[C@@H]1C[C@H](O)[C@@H](O)[C@H]1O. The van der Waals surface area contributed by atoms with Gasteiger partial charge in [-0.05, 0) is 18.6 Å². The minimum Gasteiger partial charge on any atom is -0.390 e. The van der Waals surface area contributed by atoms with Gasteiger partial charge >= 0.3 is 0 Å². The second kappa shape index (κ2) is 4.12. The molecule has 100 valence electrons. The molecule has 19 heavy (non-hydrogen) atoms. The molecule has 0 unspecified atom stereocenters. The largest absolute Gasteiger partial charge is 0.390 e. The molecule has 0 saturated heterocycles. The molecule has 1 aliphatic carbocycles. The fourth-order valence-electron chi connectivity index (χ4n) is 2.75. The molecule has 3 N–H and O–H groups in total. The summed E-state index contributed by atoms with van der Waals surface area (Å²) in [5.74, 6) is -0.989. The zero-order valence-electron chi connectivity index (χ0n) is 9.93. The van der Waals surface area contributed by atoms with Gasteiger partial charge in [0.05, 0.1) is 23.3 Å². The maximum atomic E-state index is 12.2. The van der Waals surface area contributed by atoms with Crippen LogP contribution in [-0.2, 0) is 0 Å².